The van der Waals surface area contributed by atoms with Gasteiger partial charge in [-0.2, -0.15) is 0 Å². The first kappa shape index (κ1) is 29.4. The molecule has 5 heteroatoms. The van der Waals surface area contributed by atoms with E-state index in [4.69, 9.17) is 9.97 Å². The van der Waals surface area contributed by atoms with E-state index in [-0.39, 0.29) is 0 Å². The van der Waals surface area contributed by atoms with Crippen LogP contribution >= 0.6 is 11.3 Å². The highest BCUT2D eigenvalue weighted by molar-refractivity contribution is 7.26. The van der Waals surface area contributed by atoms with Crippen LogP contribution in [-0.4, -0.2) is 18.9 Å². The molecule has 55 heavy (non-hydrogen) atoms. The van der Waals surface area contributed by atoms with Crippen LogP contribution in [0.5, 0.6) is 0 Å². The Bertz CT molecular complexity index is 3700. The molecule has 0 amide bonds. The Balaban J connectivity index is 1.21. The quantitative estimate of drug-likeness (QED) is 0.182. The highest BCUT2D eigenvalue weighted by Crippen LogP contribution is 2.49. The Morgan fingerprint density at radius 3 is 1.93 bits per heavy atom. The number of benzene rings is 8. The molecular formula is C50H28N4S. The Hall–Kier alpha value is -7.08. The average molecular weight is 717 g/mol. The lowest BCUT2D eigenvalue weighted by Crippen LogP contribution is -2.01. The molecule has 0 fully saturated rings. The molecule has 4 nitrogen and oxygen atoms in total. The number of rotatable bonds is 3. The summed E-state index contributed by atoms with van der Waals surface area (Å²) in [5.74, 6) is 1.63. The second-order valence-electron chi connectivity index (χ2n) is 14.5. The van der Waals surface area contributed by atoms with Gasteiger partial charge in [0.1, 0.15) is 0 Å². The van der Waals surface area contributed by atoms with Gasteiger partial charge in [-0.15, -0.1) is 11.3 Å². The third-order valence-corrected chi connectivity index (χ3v) is 12.8. The minimum absolute atomic E-state index is 0.718. The highest BCUT2D eigenvalue weighted by Gasteiger charge is 2.27. The lowest BCUT2D eigenvalue weighted by Gasteiger charge is -2.11. The van der Waals surface area contributed by atoms with Crippen molar-refractivity contribution in [3.05, 3.63) is 170 Å². The molecule has 0 radical (unpaired) electrons. The molecule has 0 unspecified atom stereocenters. The van der Waals surface area contributed by atoms with E-state index in [1.54, 1.807) is 11.3 Å². The molecule has 8 aromatic carbocycles. The predicted octanol–water partition coefficient (Wildman–Crippen LogP) is 13.6. The Kier molecular flexibility index (Phi) is 5.74. The number of aromatic nitrogens is 4. The first-order valence-electron chi connectivity index (χ1n) is 18.7. The second kappa shape index (κ2) is 10.8. The van der Waals surface area contributed by atoms with E-state index in [1.807, 2.05) is 0 Å². The average Bonchev–Trinajstić information content (AvgIpc) is 3.99. The van der Waals surface area contributed by atoms with Crippen LogP contribution in [0.1, 0.15) is 0 Å². The molecule has 0 atom stereocenters. The molecular weight excluding hydrogens is 689 g/mol. The standard InChI is InChI=1S/C50H28N4S/c1-2-12-29(13-3-1)30-22-24-32(25-23-30)49-51-46-36-18-8-11-21-42(36)55-48(46)50(52-49)54-39-20-10-7-17-35(39)44-41(54)28-37-34-16-6-9-19-38(34)53-40-27-26-31-14-4-5-15-33(31)43(40)45(44)47(37)53/h1-28H. The van der Waals surface area contributed by atoms with Crippen LogP contribution < -0.4 is 0 Å². The van der Waals surface area contributed by atoms with Crippen LogP contribution in [0.25, 0.3) is 119 Å². The third-order valence-electron chi connectivity index (χ3n) is 11.7. The summed E-state index contributed by atoms with van der Waals surface area (Å²) < 4.78 is 7.21. The van der Waals surface area contributed by atoms with Crippen LogP contribution in [0.2, 0.25) is 0 Å². The number of fused-ring (bicyclic) bond motifs is 15. The topological polar surface area (TPSA) is 35.1 Å². The van der Waals surface area contributed by atoms with Gasteiger partial charge < -0.3 is 4.40 Å². The van der Waals surface area contributed by atoms with Gasteiger partial charge in [-0.05, 0) is 52.2 Å². The van der Waals surface area contributed by atoms with Crippen molar-refractivity contribution in [2.24, 2.45) is 0 Å². The largest absolute Gasteiger partial charge is 0.308 e. The van der Waals surface area contributed by atoms with Crippen molar-refractivity contribution in [1.29, 1.82) is 0 Å². The summed E-state index contributed by atoms with van der Waals surface area (Å²) >= 11 is 1.78. The molecule has 13 rings (SSSR count). The van der Waals surface area contributed by atoms with Gasteiger partial charge in [0, 0.05) is 48.0 Å². The van der Waals surface area contributed by atoms with Crippen LogP contribution in [0.15, 0.2) is 170 Å². The first-order valence-corrected chi connectivity index (χ1v) is 19.5. The van der Waals surface area contributed by atoms with E-state index in [2.05, 4.69) is 179 Å². The van der Waals surface area contributed by atoms with Crippen molar-refractivity contribution in [3.8, 4) is 28.3 Å². The summed E-state index contributed by atoms with van der Waals surface area (Å²) in [6.45, 7) is 0. The number of hydrogen-bond acceptors (Lipinski definition) is 3. The maximum atomic E-state index is 5.56. The van der Waals surface area contributed by atoms with Gasteiger partial charge in [0.15, 0.2) is 11.6 Å². The van der Waals surface area contributed by atoms with Gasteiger partial charge in [0.2, 0.25) is 0 Å². The normalized spacial score (nSPS) is 12.4. The minimum Gasteiger partial charge on any atom is -0.308 e. The van der Waals surface area contributed by atoms with Crippen molar-refractivity contribution >= 4 is 102 Å². The predicted molar refractivity (Wildman–Crippen MR) is 232 cm³/mol. The van der Waals surface area contributed by atoms with Crippen molar-refractivity contribution in [2.75, 3.05) is 0 Å². The molecule has 0 aliphatic carbocycles. The van der Waals surface area contributed by atoms with Crippen LogP contribution in [0.3, 0.4) is 0 Å². The summed E-state index contributed by atoms with van der Waals surface area (Å²) in [5, 5.41) is 11.2. The van der Waals surface area contributed by atoms with Gasteiger partial charge in [-0.25, -0.2) is 9.97 Å². The van der Waals surface area contributed by atoms with Crippen molar-refractivity contribution in [2.45, 2.75) is 0 Å². The molecule has 254 valence electrons. The van der Waals surface area contributed by atoms with E-state index in [0.717, 1.165) is 43.8 Å². The maximum absolute atomic E-state index is 5.56. The molecule has 0 aliphatic heterocycles. The highest BCUT2D eigenvalue weighted by atomic mass is 32.1. The summed E-state index contributed by atoms with van der Waals surface area (Å²) in [6.07, 6.45) is 0. The van der Waals surface area contributed by atoms with Crippen molar-refractivity contribution < 1.29 is 0 Å². The Morgan fingerprint density at radius 1 is 0.418 bits per heavy atom. The van der Waals surface area contributed by atoms with Gasteiger partial charge in [-0.3, -0.25) is 4.57 Å². The van der Waals surface area contributed by atoms with Gasteiger partial charge in [-0.1, -0.05) is 140 Å². The van der Waals surface area contributed by atoms with Crippen molar-refractivity contribution in [3.63, 3.8) is 0 Å². The van der Waals surface area contributed by atoms with Crippen LogP contribution in [0.4, 0.5) is 0 Å². The summed E-state index contributed by atoms with van der Waals surface area (Å²) in [7, 11) is 0. The summed E-state index contributed by atoms with van der Waals surface area (Å²) in [6, 6.07) is 61.4. The van der Waals surface area contributed by atoms with Gasteiger partial charge >= 0.3 is 0 Å². The molecule has 0 aliphatic rings. The zero-order chi connectivity index (χ0) is 35.8. The van der Waals surface area contributed by atoms with E-state index < -0.39 is 0 Å². The van der Waals surface area contributed by atoms with Crippen LogP contribution in [-0.2, 0) is 0 Å². The monoisotopic (exact) mass is 716 g/mol. The molecule has 0 bridgehead atoms. The van der Waals surface area contributed by atoms with E-state index in [1.165, 1.54) is 75.5 Å². The molecule has 5 heterocycles. The van der Waals surface area contributed by atoms with Crippen molar-refractivity contribution in [1.82, 2.24) is 18.9 Å². The fourth-order valence-corrected chi connectivity index (χ4v) is 10.4. The number of para-hydroxylation sites is 2. The van der Waals surface area contributed by atoms with Gasteiger partial charge in [0.05, 0.1) is 37.8 Å². The van der Waals surface area contributed by atoms with E-state index >= 15 is 0 Å². The first-order chi connectivity index (χ1) is 27.3. The zero-order valence-electron chi connectivity index (χ0n) is 29.4. The molecule has 0 saturated carbocycles. The fourth-order valence-electron chi connectivity index (χ4n) is 9.30. The lowest BCUT2D eigenvalue weighted by atomic mass is 9.98. The number of nitrogens with zero attached hydrogens (tertiary/aromatic N) is 4. The molecule has 13 aromatic rings. The van der Waals surface area contributed by atoms with E-state index in [9.17, 15) is 0 Å². The lowest BCUT2D eigenvalue weighted by molar-refractivity contribution is 1.08. The molecule has 5 aromatic heterocycles. The second-order valence-corrected chi connectivity index (χ2v) is 15.6. The molecule has 0 N–H and O–H groups in total. The molecule has 0 saturated heterocycles. The number of thiophene rings is 1. The number of hydrogen-bond donors (Lipinski definition) is 0. The maximum Gasteiger partial charge on any atom is 0.162 e. The Morgan fingerprint density at radius 2 is 1.07 bits per heavy atom. The minimum atomic E-state index is 0.718. The zero-order valence-corrected chi connectivity index (χ0v) is 30.2. The van der Waals surface area contributed by atoms with E-state index in [0.29, 0.717) is 0 Å². The summed E-state index contributed by atoms with van der Waals surface area (Å²) in [5.41, 5.74) is 10.4. The Labute approximate surface area is 318 Å². The smallest absolute Gasteiger partial charge is 0.162 e. The van der Waals surface area contributed by atoms with Crippen LogP contribution in [0, 0.1) is 0 Å². The summed E-state index contributed by atoms with van der Waals surface area (Å²) in [4.78, 5) is 10.9. The van der Waals surface area contributed by atoms with Gasteiger partial charge in [0.25, 0.3) is 0 Å². The third kappa shape index (κ3) is 3.89. The fraction of sp³-hybridized carbons (Fsp3) is 0. The molecule has 0 spiro atoms. The SMILES string of the molecule is c1ccc(-c2ccc(-c3nc(-n4c5ccccc5c5c6c7c8ccccc8ccc7n7c8ccccc8c(cc54)c67)c4sc5ccccc5c4n3)cc2)cc1.